The van der Waals surface area contributed by atoms with E-state index in [1.54, 1.807) is 11.8 Å². The Labute approximate surface area is 156 Å². The number of aromatic nitrogens is 2. The molecule has 1 saturated heterocycles. The summed E-state index contributed by atoms with van der Waals surface area (Å²) in [4.78, 5) is 45.5. The fraction of sp³-hybridized carbons (Fsp3) is 0.368. The Balaban J connectivity index is 1.43. The van der Waals surface area contributed by atoms with Crippen molar-refractivity contribution in [2.75, 3.05) is 23.7 Å². The summed E-state index contributed by atoms with van der Waals surface area (Å²) in [5.41, 5.74) is 1.04. The summed E-state index contributed by atoms with van der Waals surface area (Å²) in [6.07, 6.45) is 2.49. The van der Waals surface area contributed by atoms with Gasteiger partial charge in [0.25, 0.3) is 5.56 Å². The number of amides is 2. The number of aromatic amines is 1. The van der Waals surface area contributed by atoms with Gasteiger partial charge in [0.2, 0.25) is 11.8 Å². The van der Waals surface area contributed by atoms with E-state index in [2.05, 4.69) is 20.6 Å². The van der Waals surface area contributed by atoms with Gasteiger partial charge in [0.15, 0.2) is 0 Å². The molecule has 8 heteroatoms. The molecule has 1 aromatic carbocycles. The molecule has 2 aliphatic heterocycles. The van der Waals surface area contributed by atoms with Crippen molar-refractivity contribution in [1.29, 1.82) is 0 Å². The van der Waals surface area contributed by atoms with Crippen molar-refractivity contribution in [1.82, 2.24) is 14.9 Å². The number of fused-ring (bicyclic) bond motifs is 1. The highest BCUT2D eigenvalue weighted by Crippen LogP contribution is 2.36. The molecular formula is C19H21N5O3. The van der Waals surface area contributed by atoms with Gasteiger partial charge < -0.3 is 20.5 Å². The number of anilines is 2. The predicted molar refractivity (Wildman–Crippen MR) is 101 cm³/mol. The van der Waals surface area contributed by atoms with Gasteiger partial charge in [-0.05, 0) is 31.9 Å². The molecule has 4 rings (SSSR count). The fourth-order valence-electron chi connectivity index (χ4n) is 3.66. The molecule has 2 aromatic rings. The van der Waals surface area contributed by atoms with E-state index >= 15 is 0 Å². The van der Waals surface area contributed by atoms with Gasteiger partial charge in [0.1, 0.15) is 11.4 Å². The van der Waals surface area contributed by atoms with Crippen molar-refractivity contribution < 1.29 is 9.59 Å². The van der Waals surface area contributed by atoms with Crippen LogP contribution in [-0.4, -0.2) is 45.3 Å². The highest BCUT2D eigenvalue weighted by Gasteiger charge is 2.44. The van der Waals surface area contributed by atoms with E-state index in [9.17, 15) is 14.4 Å². The van der Waals surface area contributed by atoms with E-state index in [-0.39, 0.29) is 23.8 Å². The minimum absolute atomic E-state index is 0.0120. The Kier molecular flexibility index (Phi) is 4.18. The van der Waals surface area contributed by atoms with Crippen LogP contribution in [0.5, 0.6) is 0 Å². The number of likely N-dealkylation sites (tertiary alicyclic amines) is 1. The van der Waals surface area contributed by atoms with Crippen molar-refractivity contribution in [3.8, 4) is 0 Å². The van der Waals surface area contributed by atoms with Gasteiger partial charge in [0.05, 0.1) is 17.8 Å². The van der Waals surface area contributed by atoms with Crippen LogP contribution in [0.4, 0.5) is 11.4 Å². The predicted octanol–water partition coefficient (Wildman–Crippen LogP) is 1.05. The summed E-state index contributed by atoms with van der Waals surface area (Å²) >= 11 is 0. The Morgan fingerprint density at radius 1 is 1.19 bits per heavy atom. The molecule has 27 heavy (non-hydrogen) atoms. The van der Waals surface area contributed by atoms with Gasteiger partial charge in [-0.1, -0.05) is 12.1 Å². The van der Waals surface area contributed by atoms with E-state index < -0.39 is 5.54 Å². The molecule has 140 valence electrons. The zero-order valence-corrected chi connectivity index (χ0v) is 15.0. The van der Waals surface area contributed by atoms with E-state index in [1.807, 2.05) is 24.3 Å². The fourth-order valence-corrected chi connectivity index (χ4v) is 3.66. The van der Waals surface area contributed by atoms with Crippen molar-refractivity contribution in [2.24, 2.45) is 0 Å². The quantitative estimate of drug-likeness (QED) is 0.735. The number of rotatable bonds is 2. The third-order valence-electron chi connectivity index (χ3n) is 5.30. The number of nitrogens with one attached hydrogen (secondary N) is 3. The number of nitrogens with zero attached hydrogens (tertiary/aromatic N) is 2. The van der Waals surface area contributed by atoms with Gasteiger partial charge in [0, 0.05) is 24.8 Å². The lowest BCUT2D eigenvalue weighted by atomic mass is 9.84. The van der Waals surface area contributed by atoms with Crippen LogP contribution in [0, 0.1) is 6.92 Å². The number of piperidine rings is 1. The summed E-state index contributed by atoms with van der Waals surface area (Å²) in [6.45, 7) is 2.61. The molecule has 0 saturated carbocycles. The summed E-state index contributed by atoms with van der Waals surface area (Å²) in [5.74, 6) is 0.330. The number of benzene rings is 1. The number of carbonyl (C=O) groups is 2. The summed E-state index contributed by atoms with van der Waals surface area (Å²) in [5, 5.41) is 6.33. The van der Waals surface area contributed by atoms with Crippen molar-refractivity contribution >= 4 is 23.2 Å². The van der Waals surface area contributed by atoms with Crippen molar-refractivity contribution in [3.63, 3.8) is 0 Å². The normalized spacial score (nSPS) is 17.8. The highest BCUT2D eigenvalue weighted by molar-refractivity contribution is 6.06. The lowest BCUT2D eigenvalue weighted by molar-refractivity contribution is -0.134. The zero-order chi connectivity index (χ0) is 19.0. The van der Waals surface area contributed by atoms with Crippen molar-refractivity contribution in [3.05, 3.63) is 52.2 Å². The third kappa shape index (κ3) is 3.18. The van der Waals surface area contributed by atoms with Gasteiger partial charge >= 0.3 is 0 Å². The standard InChI is InChI=1S/C19H21N5O3/c1-12-20-11-13(17(26)21-12)10-16(25)24-8-6-19(7-9-24)18(27)22-14-4-2-3-5-15(14)23-19/h2-5,11,23H,6-10H2,1H3,(H,22,27)(H,20,21,26). The third-order valence-corrected chi connectivity index (χ3v) is 5.30. The van der Waals surface area contributed by atoms with E-state index in [0.717, 1.165) is 11.4 Å². The number of aryl methyl sites for hydroxylation is 1. The van der Waals surface area contributed by atoms with Crippen LogP contribution in [0.3, 0.4) is 0 Å². The molecule has 0 radical (unpaired) electrons. The van der Waals surface area contributed by atoms with Gasteiger partial charge in [-0.2, -0.15) is 0 Å². The first-order valence-electron chi connectivity index (χ1n) is 8.98. The number of hydrogen-bond donors (Lipinski definition) is 3. The topological polar surface area (TPSA) is 107 Å². The molecule has 0 bridgehead atoms. The molecular weight excluding hydrogens is 346 g/mol. The minimum Gasteiger partial charge on any atom is -0.369 e. The molecule has 1 fully saturated rings. The summed E-state index contributed by atoms with van der Waals surface area (Å²) in [6, 6.07) is 7.59. The van der Waals surface area contributed by atoms with Crippen LogP contribution in [0.2, 0.25) is 0 Å². The summed E-state index contributed by atoms with van der Waals surface area (Å²) in [7, 11) is 0. The molecule has 8 nitrogen and oxygen atoms in total. The average molecular weight is 367 g/mol. The molecule has 2 amide bonds. The maximum Gasteiger partial charge on any atom is 0.254 e. The van der Waals surface area contributed by atoms with Gasteiger partial charge in [-0.3, -0.25) is 14.4 Å². The first-order chi connectivity index (χ1) is 13.0. The smallest absolute Gasteiger partial charge is 0.254 e. The molecule has 1 spiro atoms. The SMILES string of the molecule is Cc1ncc(CC(=O)N2CCC3(CC2)Nc2ccccc2NC3=O)c(=O)[nH]1. The Hall–Kier alpha value is -3.16. The Morgan fingerprint density at radius 3 is 2.59 bits per heavy atom. The number of carbonyl (C=O) groups excluding carboxylic acids is 2. The number of para-hydroxylation sites is 2. The van der Waals surface area contributed by atoms with Crippen LogP contribution >= 0.6 is 0 Å². The van der Waals surface area contributed by atoms with Gasteiger partial charge in [-0.25, -0.2) is 4.98 Å². The lowest BCUT2D eigenvalue weighted by Crippen LogP contribution is -2.59. The maximum atomic E-state index is 12.6. The van der Waals surface area contributed by atoms with Crippen LogP contribution in [0.1, 0.15) is 24.2 Å². The number of H-pyrrole nitrogens is 1. The van der Waals surface area contributed by atoms with Crippen LogP contribution < -0.4 is 16.2 Å². The molecule has 0 aliphatic carbocycles. The zero-order valence-electron chi connectivity index (χ0n) is 15.0. The average Bonchev–Trinajstić information content (AvgIpc) is 2.65. The second-order valence-corrected chi connectivity index (χ2v) is 7.09. The highest BCUT2D eigenvalue weighted by atomic mass is 16.2. The maximum absolute atomic E-state index is 12.6. The van der Waals surface area contributed by atoms with E-state index in [0.29, 0.717) is 37.3 Å². The Bertz CT molecular complexity index is 960. The minimum atomic E-state index is -0.700. The monoisotopic (exact) mass is 367 g/mol. The molecule has 3 heterocycles. The van der Waals surface area contributed by atoms with Crippen LogP contribution in [0.15, 0.2) is 35.3 Å². The molecule has 0 atom stereocenters. The number of hydrogen-bond acceptors (Lipinski definition) is 5. The van der Waals surface area contributed by atoms with Gasteiger partial charge in [-0.15, -0.1) is 0 Å². The molecule has 0 unspecified atom stereocenters. The van der Waals surface area contributed by atoms with Crippen LogP contribution in [-0.2, 0) is 16.0 Å². The molecule has 1 aromatic heterocycles. The molecule has 3 N–H and O–H groups in total. The summed E-state index contributed by atoms with van der Waals surface area (Å²) < 4.78 is 0. The Morgan fingerprint density at radius 2 is 1.89 bits per heavy atom. The van der Waals surface area contributed by atoms with Crippen LogP contribution in [0.25, 0.3) is 0 Å². The second-order valence-electron chi connectivity index (χ2n) is 7.09. The second kappa shape index (κ2) is 6.53. The van der Waals surface area contributed by atoms with E-state index in [4.69, 9.17) is 0 Å². The largest absolute Gasteiger partial charge is 0.369 e. The first kappa shape index (κ1) is 17.3. The lowest BCUT2D eigenvalue weighted by Gasteiger charge is -2.44. The van der Waals surface area contributed by atoms with Crippen molar-refractivity contribution in [2.45, 2.75) is 31.7 Å². The van der Waals surface area contributed by atoms with E-state index in [1.165, 1.54) is 6.20 Å². The molecule has 2 aliphatic rings. The first-order valence-corrected chi connectivity index (χ1v) is 8.98.